The van der Waals surface area contributed by atoms with Crippen LogP contribution in [0.25, 0.3) is 22.0 Å². The van der Waals surface area contributed by atoms with Crippen LogP contribution in [0.15, 0.2) is 54.7 Å². The molecule has 2 aromatic carbocycles. The molecule has 4 rings (SSSR count). The molecule has 2 heterocycles. The fourth-order valence-electron chi connectivity index (χ4n) is 4.28. The van der Waals surface area contributed by atoms with Crippen molar-refractivity contribution in [1.82, 2.24) is 15.3 Å². The van der Waals surface area contributed by atoms with Crippen LogP contribution < -0.4 is 10.2 Å². The van der Waals surface area contributed by atoms with Gasteiger partial charge in [-0.05, 0) is 62.4 Å². The number of amides is 1. The van der Waals surface area contributed by atoms with E-state index in [9.17, 15) is 9.90 Å². The molecule has 1 aliphatic rings. The molecule has 174 valence electrons. The molecule has 1 saturated heterocycles. The number of aromatic nitrogens is 2. The van der Waals surface area contributed by atoms with Gasteiger partial charge in [0.25, 0.3) is 0 Å². The number of carbonyl (C=O) groups excluding carboxylic acids is 1. The monoisotopic (exact) mass is 448 g/mol. The highest BCUT2D eigenvalue weighted by Crippen LogP contribution is 2.27. The zero-order chi connectivity index (χ0) is 23.4. The van der Waals surface area contributed by atoms with Gasteiger partial charge in [-0.15, -0.1) is 0 Å². The van der Waals surface area contributed by atoms with Gasteiger partial charge >= 0.3 is 6.09 Å². The van der Waals surface area contributed by atoms with Crippen LogP contribution in [-0.4, -0.2) is 52.5 Å². The predicted molar refractivity (Wildman–Crippen MR) is 130 cm³/mol. The molecule has 7 heteroatoms. The summed E-state index contributed by atoms with van der Waals surface area (Å²) in [5.41, 5.74) is 1.39. The number of benzene rings is 2. The van der Waals surface area contributed by atoms with E-state index in [2.05, 4.69) is 45.5 Å². The first-order valence-electron chi connectivity index (χ1n) is 11.5. The minimum Gasteiger partial charge on any atom is -0.444 e. The lowest BCUT2D eigenvalue weighted by Crippen LogP contribution is -2.48. The summed E-state index contributed by atoms with van der Waals surface area (Å²) in [7, 11) is 0. The van der Waals surface area contributed by atoms with Gasteiger partial charge in [-0.2, -0.15) is 0 Å². The van der Waals surface area contributed by atoms with Crippen LogP contribution >= 0.6 is 0 Å². The molecule has 0 saturated carbocycles. The van der Waals surface area contributed by atoms with E-state index in [1.165, 1.54) is 10.8 Å². The second-order valence-corrected chi connectivity index (χ2v) is 9.56. The fourth-order valence-corrected chi connectivity index (χ4v) is 4.28. The van der Waals surface area contributed by atoms with E-state index in [0.717, 1.165) is 37.2 Å². The molecule has 2 N–H and O–H groups in total. The van der Waals surface area contributed by atoms with Crippen LogP contribution in [0.4, 0.5) is 10.7 Å². The number of nitrogens with one attached hydrogen (secondary N) is 1. The summed E-state index contributed by atoms with van der Waals surface area (Å²) < 4.78 is 5.34. The third-order valence-corrected chi connectivity index (χ3v) is 5.98. The van der Waals surface area contributed by atoms with Crippen molar-refractivity contribution < 1.29 is 14.6 Å². The Balaban J connectivity index is 1.41. The smallest absolute Gasteiger partial charge is 0.407 e. The normalized spacial score (nSPS) is 15.9. The summed E-state index contributed by atoms with van der Waals surface area (Å²) in [6, 6.07) is 16.3. The Morgan fingerprint density at radius 1 is 1.15 bits per heavy atom. The average Bonchev–Trinajstić information content (AvgIpc) is 2.81. The van der Waals surface area contributed by atoms with E-state index in [4.69, 9.17) is 9.72 Å². The van der Waals surface area contributed by atoms with Gasteiger partial charge in [-0.3, -0.25) is 0 Å². The van der Waals surface area contributed by atoms with Gasteiger partial charge in [0.05, 0.1) is 18.3 Å². The van der Waals surface area contributed by atoms with Crippen LogP contribution in [0.5, 0.6) is 0 Å². The first-order valence-corrected chi connectivity index (χ1v) is 11.5. The van der Waals surface area contributed by atoms with Crippen LogP contribution in [0.2, 0.25) is 0 Å². The van der Waals surface area contributed by atoms with Gasteiger partial charge in [0.15, 0.2) is 0 Å². The summed E-state index contributed by atoms with van der Waals surface area (Å²) in [5, 5.41) is 15.1. The molecule has 7 nitrogen and oxygen atoms in total. The molecule has 1 aromatic heterocycles. The first kappa shape index (κ1) is 23.0. The van der Waals surface area contributed by atoms with Gasteiger partial charge < -0.3 is 20.1 Å². The molecule has 0 bridgehead atoms. The van der Waals surface area contributed by atoms with Crippen molar-refractivity contribution >= 4 is 22.8 Å². The van der Waals surface area contributed by atoms with Crippen LogP contribution in [-0.2, 0) is 4.74 Å². The number of carbonyl (C=O) groups is 1. The quantitative estimate of drug-likeness (QED) is 0.602. The molecule has 3 aromatic rings. The number of piperidine rings is 1. The second kappa shape index (κ2) is 9.75. The number of alkyl carbamates (subject to hydrolysis) is 1. The van der Waals surface area contributed by atoms with Crippen molar-refractivity contribution in [3.8, 4) is 11.3 Å². The second-order valence-electron chi connectivity index (χ2n) is 9.56. The van der Waals surface area contributed by atoms with Crippen LogP contribution in [0, 0.1) is 5.92 Å². The van der Waals surface area contributed by atoms with E-state index in [1.54, 1.807) is 6.20 Å². The third-order valence-electron chi connectivity index (χ3n) is 5.98. The number of aliphatic hydroxyl groups is 1. The lowest BCUT2D eigenvalue weighted by molar-refractivity contribution is 0.0445. The summed E-state index contributed by atoms with van der Waals surface area (Å²) in [6.07, 6.45) is 2.96. The van der Waals surface area contributed by atoms with Crippen molar-refractivity contribution in [3.05, 3.63) is 54.7 Å². The number of ether oxygens (including phenoxy) is 1. The maximum atomic E-state index is 12.1. The fraction of sp³-hybridized carbons (Fsp3) is 0.423. The first-order chi connectivity index (χ1) is 15.8. The van der Waals surface area contributed by atoms with Gasteiger partial charge in [0, 0.05) is 24.8 Å². The summed E-state index contributed by atoms with van der Waals surface area (Å²) in [5.74, 6) is 0.877. The van der Waals surface area contributed by atoms with Gasteiger partial charge in [-0.1, -0.05) is 36.4 Å². The SMILES string of the molecule is CC(C)(C)OC(=O)N[C@@H](CO)C1CCN(c2nccc(-c3ccc4ccccc4c3)n2)CC1. The van der Waals surface area contributed by atoms with E-state index in [0.29, 0.717) is 5.95 Å². The summed E-state index contributed by atoms with van der Waals surface area (Å²) >= 11 is 0. The maximum absolute atomic E-state index is 12.1. The Labute approximate surface area is 194 Å². The highest BCUT2D eigenvalue weighted by molar-refractivity contribution is 5.86. The van der Waals surface area contributed by atoms with Crippen molar-refractivity contribution in [3.63, 3.8) is 0 Å². The molecule has 1 atom stereocenters. The maximum Gasteiger partial charge on any atom is 0.407 e. The Kier molecular flexibility index (Phi) is 6.79. The minimum absolute atomic E-state index is 0.113. The average molecular weight is 449 g/mol. The lowest BCUT2D eigenvalue weighted by Gasteiger charge is -2.36. The molecule has 33 heavy (non-hydrogen) atoms. The molecule has 0 radical (unpaired) electrons. The Morgan fingerprint density at radius 3 is 2.58 bits per heavy atom. The molecule has 0 unspecified atom stereocenters. The number of nitrogens with zero attached hydrogens (tertiary/aromatic N) is 3. The largest absolute Gasteiger partial charge is 0.444 e. The number of hydrogen-bond acceptors (Lipinski definition) is 6. The van der Waals surface area contributed by atoms with Gasteiger partial charge in [-0.25, -0.2) is 14.8 Å². The standard InChI is InChI=1S/C26H32N4O3/c1-26(2,3)33-25(32)29-23(17-31)19-11-14-30(15-12-19)24-27-13-10-22(28-24)21-9-8-18-6-4-5-7-20(18)16-21/h4-10,13,16,19,23,31H,11-12,14-15,17H2,1-3H3,(H,29,32)/t23-/m0/s1. The highest BCUT2D eigenvalue weighted by Gasteiger charge is 2.29. The van der Waals surface area contributed by atoms with Gasteiger partial charge in [0.1, 0.15) is 5.60 Å². The van der Waals surface area contributed by atoms with E-state index in [-0.39, 0.29) is 18.6 Å². The minimum atomic E-state index is -0.569. The molecule has 0 aliphatic carbocycles. The Bertz CT molecular complexity index is 1100. The van der Waals surface area contributed by atoms with Crippen molar-refractivity contribution in [2.75, 3.05) is 24.6 Å². The third kappa shape index (κ3) is 5.79. The molecule has 1 fully saturated rings. The van der Waals surface area contributed by atoms with Crippen LogP contribution in [0.3, 0.4) is 0 Å². The topological polar surface area (TPSA) is 87.6 Å². The van der Waals surface area contributed by atoms with Crippen molar-refractivity contribution in [2.24, 2.45) is 5.92 Å². The molecular formula is C26H32N4O3. The number of rotatable bonds is 5. The lowest BCUT2D eigenvalue weighted by atomic mass is 9.90. The Hall–Kier alpha value is -3.19. The number of hydrogen-bond donors (Lipinski definition) is 2. The number of anilines is 1. The Morgan fingerprint density at radius 2 is 1.88 bits per heavy atom. The van der Waals surface area contributed by atoms with E-state index < -0.39 is 11.7 Å². The van der Waals surface area contributed by atoms with Gasteiger partial charge in [0.2, 0.25) is 5.95 Å². The number of aliphatic hydroxyl groups excluding tert-OH is 1. The molecule has 0 spiro atoms. The highest BCUT2D eigenvalue weighted by atomic mass is 16.6. The molecule has 1 amide bonds. The zero-order valence-electron chi connectivity index (χ0n) is 19.5. The summed E-state index contributed by atoms with van der Waals surface area (Å²) in [4.78, 5) is 23.6. The predicted octanol–water partition coefficient (Wildman–Crippen LogP) is 4.40. The zero-order valence-corrected chi connectivity index (χ0v) is 19.5. The van der Waals surface area contributed by atoms with Crippen LogP contribution in [0.1, 0.15) is 33.6 Å². The van der Waals surface area contributed by atoms with Crippen molar-refractivity contribution in [1.29, 1.82) is 0 Å². The number of fused-ring (bicyclic) bond motifs is 1. The van der Waals surface area contributed by atoms with E-state index in [1.807, 2.05) is 39.0 Å². The molecular weight excluding hydrogens is 416 g/mol. The molecule has 1 aliphatic heterocycles. The van der Waals surface area contributed by atoms with E-state index >= 15 is 0 Å². The summed E-state index contributed by atoms with van der Waals surface area (Å²) in [6.45, 7) is 6.88. The van der Waals surface area contributed by atoms with Crippen molar-refractivity contribution in [2.45, 2.75) is 45.3 Å².